The summed E-state index contributed by atoms with van der Waals surface area (Å²) in [6.07, 6.45) is 7.16. The van der Waals surface area contributed by atoms with E-state index in [1.165, 1.54) is 18.2 Å². The van der Waals surface area contributed by atoms with Crippen molar-refractivity contribution in [2.75, 3.05) is 18.9 Å². The standard InChI is InChI=1S/C23H23FN4O2/c1-3-28-14-16(19-9-17(24)5-6-22(19)28)13-27(2)23(30)7-4-15-8-20-21(25-11-15)10-18(29)12-26-20/h4-9,11,14,26H,3,10,12-13H2,1-2H3/b7-4+. The molecular weight excluding hydrogens is 383 g/mol. The van der Waals surface area contributed by atoms with E-state index >= 15 is 0 Å². The average Bonchev–Trinajstić information content (AvgIpc) is 3.08. The average molecular weight is 406 g/mol. The van der Waals surface area contributed by atoms with Crippen molar-refractivity contribution in [3.05, 3.63) is 65.4 Å². The molecule has 0 saturated heterocycles. The molecule has 30 heavy (non-hydrogen) atoms. The van der Waals surface area contributed by atoms with E-state index in [0.717, 1.165) is 40.0 Å². The van der Waals surface area contributed by atoms with E-state index in [1.807, 2.05) is 19.2 Å². The van der Waals surface area contributed by atoms with Gasteiger partial charge in [-0.15, -0.1) is 0 Å². The van der Waals surface area contributed by atoms with Crippen LogP contribution in [0.25, 0.3) is 17.0 Å². The summed E-state index contributed by atoms with van der Waals surface area (Å²) in [7, 11) is 1.72. The predicted octanol–water partition coefficient (Wildman–Crippen LogP) is 3.40. The minimum atomic E-state index is -0.290. The van der Waals surface area contributed by atoms with E-state index < -0.39 is 0 Å². The summed E-state index contributed by atoms with van der Waals surface area (Å²) < 4.78 is 15.8. The van der Waals surface area contributed by atoms with Crippen LogP contribution in [0.5, 0.6) is 0 Å². The minimum Gasteiger partial charge on any atom is -0.376 e. The number of nitrogens with one attached hydrogen (secondary N) is 1. The second-order valence-corrected chi connectivity index (χ2v) is 7.46. The number of likely N-dealkylation sites (N-methyl/N-ethyl adjacent to an activating group) is 1. The first-order valence-corrected chi connectivity index (χ1v) is 9.89. The highest BCUT2D eigenvalue weighted by Crippen LogP contribution is 2.24. The lowest BCUT2D eigenvalue weighted by Crippen LogP contribution is -2.24. The monoisotopic (exact) mass is 406 g/mol. The number of Topliss-reactive ketones (excluding diaryl/α,β-unsaturated/α-hetero) is 1. The molecule has 0 atom stereocenters. The minimum absolute atomic E-state index is 0.111. The fraction of sp³-hybridized carbons (Fsp3) is 0.261. The van der Waals surface area contributed by atoms with Crippen LogP contribution < -0.4 is 5.32 Å². The molecule has 1 aliphatic rings. The van der Waals surface area contributed by atoms with Crippen molar-refractivity contribution < 1.29 is 14.0 Å². The van der Waals surface area contributed by atoms with Crippen LogP contribution in [0.15, 0.2) is 42.7 Å². The highest BCUT2D eigenvalue weighted by Gasteiger charge is 2.16. The molecule has 0 saturated carbocycles. The molecule has 0 fully saturated rings. The highest BCUT2D eigenvalue weighted by atomic mass is 19.1. The van der Waals surface area contributed by atoms with Gasteiger partial charge in [0.05, 0.1) is 24.3 Å². The first-order chi connectivity index (χ1) is 14.4. The molecule has 0 aliphatic carbocycles. The van der Waals surface area contributed by atoms with Gasteiger partial charge in [-0.05, 0) is 48.4 Å². The Balaban J connectivity index is 1.49. The van der Waals surface area contributed by atoms with Crippen molar-refractivity contribution in [3.63, 3.8) is 0 Å². The molecule has 3 aromatic rings. The lowest BCUT2D eigenvalue weighted by Gasteiger charge is -2.16. The highest BCUT2D eigenvalue weighted by molar-refractivity contribution is 5.93. The number of anilines is 1. The lowest BCUT2D eigenvalue weighted by atomic mass is 10.1. The van der Waals surface area contributed by atoms with E-state index in [1.54, 1.807) is 30.3 Å². The van der Waals surface area contributed by atoms with Crippen LogP contribution in [0.2, 0.25) is 0 Å². The maximum Gasteiger partial charge on any atom is 0.246 e. The molecular formula is C23H23FN4O2. The van der Waals surface area contributed by atoms with Gasteiger partial charge in [-0.2, -0.15) is 0 Å². The largest absolute Gasteiger partial charge is 0.376 e. The van der Waals surface area contributed by atoms with Crippen LogP contribution in [-0.4, -0.2) is 39.7 Å². The molecule has 2 aromatic heterocycles. The SMILES string of the molecule is CCn1cc(CN(C)C(=O)/C=C/c2cnc3c(c2)NCC(=O)C3)c2cc(F)ccc21. The third kappa shape index (κ3) is 3.96. The molecule has 7 heteroatoms. The number of halogens is 1. The van der Waals surface area contributed by atoms with Gasteiger partial charge in [-0.3, -0.25) is 14.6 Å². The Morgan fingerprint density at radius 3 is 3.00 bits per heavy atom. The van der Waals surface area contributed by atoms with Crippen molar-refractivity contribution >= 4 is 34.4 Å². The second kappa shape index (κ2) is 8.10. The predicted molar refractivity (Wildman–Crippen MR) is 115 cm³/mol. The van der Waals surface area contributed by atoms with Gasteiger partial charge < -0.3 is 14.8 Å². The number of benzene rings is 1. The van der Waals surface area contributed by atoms with Crippen LogP contribution in [0, 0.1) is 5.82 Å². The quantitative estimate of drug-likeness (QED) is 0.660. The third-order valence-corrected chi connectivity index (χ3v) is 5.30. The fourth-order valence-corrected chi connectivity index (χ4v) is 3.70. The fourth-order valence-electron chi connectivity index (χ4n) is 3.70. The van der Waals surface area contributed by atoms with Crippen molar-refractivity contribution in [2.24, 2.45) is 0 Å². The van der Waals surface area contributed by atoms with Crippen LogP contribution >= 0.6 is 0 Å². The Bertz CT molecular complexity index is 1170. The molecule has 6 nitrogen and oxygen atoms in total. The van der Waals surface area contributed by atoms with Crippen molar-refractivity contribution in [1.29, 1.82) is 0 Å². The Labute approximate surface area is 174 Å². The van der Waals surface area contributed by atoms with Crippen LogP contribution in [0.3, 0.4) is 0 Å². The zero-order chi connectivity index (χ0) is 21.3. The number of ketones is 1. The van der Waals surface area contributed by atoms with Crippen molar-refractivity contribution in [3.8, 4) is 0 Å². The van der Waals surface area contributed by atoms with Gasteiger partial charge in [0, 0.05) is 49.5 Å². The molecule has 1 amide bonds. The number of rotatable bonds is 5. The maximum atomic E-state index is 13.7. The van der Waals surface area contributed by atoms with E-state index in [2.05, 4.69) is 14.9 Å². The van der Waals surface area contributed by atoms with Gasteiger partial charge in [0.15, 0.2) is 5.78 Å². The summed E-state index contributed by atoms with van der Waals surface area (Å²) in [5.74, 6) is -0.342. The number of carbonyl (C=O) groups excluding carboxylic acids is 2. The van der Waals surface area contributed by atoms with Gasteiger partial charge in [0.2, 0.25) is 5.91 Å². The Morgan fingerprint density at radius 1 is 1.37 bits per heavy atom. The number of amides is 1. The van der Waals surface area contributed by atoms with Crippen LogP contribution in [0.4, 0.5) is 10.1 Å². The molecule has 154 valence electrons. The van der Waals surface area contributed by atoms with Crippen LogP contribution in [-0.2, 0) is 29.1 Å². The molecule has 1 N–H and O–H groups in total. The molecule has 0 spiro atoms. The van der Waals surface area contributed by atoms with Gasteiger partial charge in [-0.1, -0.05) is 0 Å². The number of pyridine rings is 1. The number of hydrogen-bond donors (Lipinski definition) is 1. The lowest BCUT2D eigenvalue weighted by molar-refractivity contribution is -0.125. The summed E-state index contributed by atoms with van der Waals surface area (Å²) in [5, 5.41) is 3.87. The van der Waals surface area contributed by atoms with Gasteiger partial charge >= 0.3 is 0 Å². The number of nitrogens with zero attached hydrogens (tertiary/aromatic N) is 3. The summed E-state index contributed by atoms with van der Waals surface area (Å²) in [4.78, 5) is 30.0. The first kappa shape index (κ1) is 19.8. The van der Waals surface area contributed by atoms with Gasteiger partial charge in [0.1, 0.15) is 5.82 Å². The maximum absolute atomic E-state index is 13.7. The second-order valence-electron chi connectivity index (χ2n) is 7.46. The Kier molecular flexibility index (Phi) is 5.35. The number of hydrogen-bond acceptors (Lipinski definition) is 4. The Morgan fingerprint density at radius 2 is 2.20 bits per heavy atom. The molecule has 4 rings (SSSR count). The molecule has 1 aliphatic heterocycles. The number of aromatic nitrogens is 2. The van der Waals surface area contributed by atoms with Crippen LogP contribution in [0.1, 0.15) is 23.7 Å². The van der Waals surface area contributed by atoms with Crippen molar-refractivity contribution in [1.82, 2.24) is 14.5 Å². The topological polar surface area (TPSA) is 67.2 Å². The molecule has 1 aromatic carbocycles. The van der Waals surface area contributed by atoms with Gasteiger partial charge in [0.25, 0.3) is 0 Å². The number of fused-ring (bicyclic) bond motifs is 2. The van der Waals surface area contributed by atoms with E-state index in [9.17, 15) is 14.0 Å². The molecule has 3 heterocycles. The number of carbonyl (C=O) groups is 2. The normalized spacial score (nSPS) is 13.5. The van der Waals surface area contributed by atoms with E-state index in [4.69, 9.17) is 0 Å². The van der Waals surface area contributed by atoms with Gasteiger partial charge in [-0.25, -0.2) is 4.39 Å². The summed E-state index contributed by atoms with van der Waals surface area (Å²) in [5.41, 5.74) is 4.19. The Hall–Kier alpha value is -3.48. The smallest absolute Gasteiger partial charge is 0.246 e. The van der Waals surface area contributed by atoms with E-state index in [0.29, 0.717) is 19.5 Å². The molecule has 0 bridgehead atoms. The van der Waals surface area contributed by atoms with Crippen molar-refractivity contribution in [2.45, 2.75) is 26.4 Å². The summed E-state index contributed by atoms with van der Waals surface area (Å²) in [6, 6.07) is 6.62. The zero-order valence-electron chi connectivity index (χ0n) is 17.0. The van der Waals surface area contributed by atoms with E-state index in [-0.39, 0.29) is 17.5 Å². The summed E-state index contributed by atoms with van der Waals surface area (Å²) in [6.45, 7) is 3.48. The zero-order valence-corrected chi connectivity index (χ0v) is 17.0. The molecule has 0 radical (unpaired) electrons. The third-order valence-electron chi connectivity index (χ3n) is 5.30. The number of aryl methyl sites for hydroxylation is 1. The first-order valence-electron chi connectivity index (χ1n) is 9.89. The molecule has 0 unspecified atom stereocenters. The summed E-state index contributed by atoms with van der Waals surface area (Å²) >= 11 is 0.